The van der Waals surface area contributed by atoms with Crippen LogP contribution in [0.2, 0.25) is 5.02 Å². The molecule has 0 saturated heterocycles. The summed E-state index contributed by atoms with van der Waals surface area (Å²) in [5, 5.41) is 0.978. The highest BCUT2D eigenvalue weighted by atomic mass is 35.5. The fourth-order valence-electron chi connectivity index (χ4n) is 3.48. The zero-order chi connectivity index (χ0) is 19.7. The van der Waals surface area contributed by atoms with Gasteiger partial charge in [0.2, 0.25) is 0 Å². The van der Waals surface area contributed by atoms with Crippen LogP contribution in [0.25, 0.3) is 10.9 Å². The average molecular weight is 398 g/mol. The minimum absolute atomic E-state index is 0.105. The molecule has 1 amide bonds. The van der Waals surface area contributed by atoms with Crippen LogP contribution >= 0.6 is 11.6 Å². The number of hydrogen-bond acceptors (Lipinski definition) is 4. The van der Waals surface area contributed by atoms with Crippen molar-refractivity contribution in [1.29, 1.82) is 0 Å². The number of carbonyl (C=O) groups excluding carboxylic acids is 1. The van der Waals surface area contributed by atoms with E-state index in [0.717, 1.165) is 17.7 Å². The average Bonchev–Trinajstić information content (AvgIpc) is 3.11. The molecule has 1 atom stereocenters. The molecule has 6 nitrogen and oxygen atoms in total. The number of ether oxygens (including phenoxy) is 1. The predicted octanol–water partition coefficient (Wildman–Crippen LogP) is 3.32. The van der Waals surface area contributed by atoms with Crippen LogP contribution in [0, 0.1) is 0 Å². The van der Waals surface area contributed by atoms with Gasteiger partial charge in [-0.25, -0.2) is 4.98 Å². The summed E-state index contributed by atoms with van der Waals surface area (Å²) in [6.45, 7) is 2.76. The first-order valence-electron chi connectivity index (χ1n) is 9.27. The van der Waals surface area contributed by atoms with Gasteiger partial charge in [0, 0.05) is 18.0 Å². The fourth-order valence-corrected chi connectivity index (χ4v) is 3.64. The highest BCUT2D eigenvalue weighted by Crippen LogP contribution is 2.29. The Bertz CT molecular complexity index is 1070. The van der Waals surface area contributed by atoms with E-state index in [-0.39, 0.29) is 18.0 Å². The quantitative estimate of drug-likeness (QED) is 0.716. The van der Waals surface area contributed by atoms with Crippen molar-refractivity contribution in [3.05, 3.63) is 69.2 Å². The van der Waals surface area contributed by atoms with E-state index in [0.29, 0.717) is 34.7 Å². The molecule has 0 saturated carbocycles. The first-order valence-corrected chi connectivity index (χ1v) is 9.64. The normalized spacial score (nSPS) is 15.3. The Kier molecular flexibility index (Phi) is 5.05. The van der Waals surface area contributed by atoms with Crippen LogP contribution in [-0.4, -0.2) is 33.4 Å². The molecule has 2 heterocycles. The first-order chi connectivity index (χ1) is 13.5. The molecular formula is C21H20ClN3O3. The van der Waals surface area contributed by atoms with E-state index in [9.17, 15) is 9.59 Å². The van der Waals surface area contributed by atoms with Crippen LogP contribution in [0.3, 0.4) is 0 Å². The molecule has 1 unspecified atom stereocenters. The maximum Gasteiger partial charge on any atom is 0.264 e. The number of aromatic amines is 1. The number of fused-ring (bicyclic) bond motifs is 2. The summed E-state index contributed by atoms with van der Waals surface area (Å²) >= 11 is 6.03. The lowest BCUT2D eigenvalue weighted by Gasteiger charge is -2.24. The fraction of sp³-hybridized carbons (Fsp3) is 0.286. The van der Waals surface area contributed by atoms with Crippen LogP contribution in [0.5, 0.6) is 5.75 Å². The number of hydrogen-bond donors (Lipinski definition) is 1. The van der Waals surface area contributed by atoms with E-state index in [4.69, 9.17) is 16.3 Å². The lowest BCUT2D eigenvalue weighted by Crippen LogP contribution is -2.42. The molecule has 0 fully saturated rings. The minimum Gasteiger partial charge on any atom is -0.480 e. The van der Waals surface area contributed by atoms with Gasteiger partial charge in [-0.3, -0.25) is 9.59 Å². The Morgan fingerprint density at radius 3 is 2.93 bits per heavy atom. The molecule has 144 valence electrons. The molecule has 1 aliphatic rings. The van der Waals surface area contributed by atoms with E-state index in [1.165, 1.54) is 0 Å². The monoisotopic (exact) mass is 397 g/mol. The summed E-state index contributed by atoms with van der Waals surface area (Å²) in [5.74, 6) is 1.08. The SMILES string of the molecule is CCCN(Cc1nc2cc(Cl)ccc2c(=O)[nH]1)C(=O)C1Cc2ccccc2O1. The van der Waals surface area contributed by atoms with Gasteiger partial charge in [0.25, 0.3) is 11.5 Å². The number of amides is 1. The van der Waals surface area contributed by atoms with Crippen LogP contribution in [-0.2, 0) is 17.8 Å². The molecule has 1 aliphatic heterocycles. The third kappa shape index (κ3) is 3.60. The molecule has 0 aliphatic carbocycles. The largest absolute Gasteiger partial charge is 0.480 e. The van der Waals surface area contributed by atoms with Crippen molar-refractivity contribution in [2.75, 3.05) is 6.54 Å². The van der Waals surface area contributed by atoms with Gasteiger partial charge in [-0.15, -0.1) is 0 Å². The number of carbonyl (C=O) groups is 1. The van der Waals surface area contributed by atoms with Crippen LogP contribution < -0.4 is 10.3 Å². The third-order valence-corrected chi connectivity index (χ3v) is 5.02. The standard InChI is InChI=1S/C21H20ClN3O3/c1-2-9-25(21(27)18-10-13-5-3-4-6-17(13)28-18)12-19-23-16-11-14(22)7-8-15(16)20(26)24-19/h3-8,11,18H,2,9-10,12H2,1H3,(H,23,24,26). The molecule has 4 rings (SSSR count). The smallest absolute Gasteiger partial charge is 0.264 e. The van der Waals surface area contributed by atoms with Gasteiger partial charge in [0.05, 0.1) is 17.4 Å². The number of nitrogens with one attached hydrogen (secondary N) is 1. The lowest BCUT2D eigenvalue weighted by molar-refractivity contribution is -0.138. The van der Waals surface area contributed by atoms with Gasteiger partial charge in [-0.05, 0) is 36.2 Å². The molecule has 1 aromatic heterocycles. The van der Waals surface area contributed by atoms with Crippen LogP contribution in [0.1, 0.15) is 24.7 Å². The molecule has 1 N–H and O–H groups in total. The second kappa shape index (κ2) is 7.64. The zero-order valence-corrected chi connectivity index (χ0v) is 16.2. The summed E-state index contributed by atoms with van der Waals surface area (Å²) in [4.78, 5) is 34.4. The van der Waals surface area contributed by atoms with Gasteiger partial charge in [-0.1, -0.05) is 36.7 Å². The topological polar surface area (TPSA) is 75.3 Å². The Morgan fingerprint density at radius 2 is 2.14 bits per heavy atom. The van der Waals surface area contributed by atoms with Crippen molar-refractivity contribution in [1.82, 2.24) is 14.9 Å². The van der Waals surface area contributed by atoms with Crippen molar-refractivity contribution in [3.63, 3.8) is 0 Å². The molecule has 0 bridgehead atoms. The number of H-pyrrole nitrogens is 1. The van der Waals surface area contributed by atoms with E-state index < -0.39 is 6.10 Å². The number of aromatic nitrogens is 2. The second-order valence-corrected chi connectivity index (χ2v) is 7.29. The molecule has 3 aromatic rings. The van der Waals surface area contributed by atoms with Crippen molar-refractivity contribution < 1.29 is 9.53 Å². The van der Waals surface area contributed by atoms with Crippen molar-refractivity contribution in [3.8, 4) is 5.75 Å². The Morgan fingerprint density at radius 1 is 1.32 bits per heavy atom. The van der Waals surface area contributed by atoms with Gasteiger partial charge >= 0.3 is 0 Å². The number of nitrogens with zero attached hydrogens (tertiary/aromatic N) is 2. The van der Waals surface area contributed by atoms with E-state index in [2.05, 4.69) is 9.97 Å². The zero-order valence-electron chi connectivity index (χ0n) is 15.4. The summed E-state index contributed by atoms with van der Waals surface area (Å²) in [5.41, 5.74) is 1.30. The third-order valence-electron chi connectivity index (χ3n) is 4.79. The summed E-state index contributed by atoms with van der Waals surface area (Å²) in [6, 6.07) is 12.6. The second-order valence-electron chi connectivity index (χ2n) is 6.85. The lowest BCUT2D eigenvalue weighted by atomic mass is 10.1. The molecule has 0 radical (unpaired) electrons. The van der Waals surface area contributed by atoms with Gasteiger partial charge < -0.3 is 14.6 Å². The Balaban J connectivity index is 1.58. The Hall–Kier alpha value is -2.86. The molecular weight excluding hydrogens is 378 g/mol. The predicted molar refractivity (Wildman–Crippen MR) is 108 cm³/mol. The van der Waals surface area contributed by atoms with Gasteiger partial charge in [-0.2, -0.15) is 0 Å². The number of halogens is 1. The number of rotatable bonds is 5. The van der Waals surface area contributed by atoms with Crippen molar-refractivity contribution in [2.24, 2.45) is 0 Å². The summed E-state index contributed by atoms with van der Waals surface area (Å²) in [6.07, 6.45) is 0.784. The molecule has 7 heteroatoms. The molecule has 0 spiro atoms. The first kappa shape index (κ1) is 18.5. The maximum atomic E-state index is 13.1. The van der Waals surface area contributed by atoms with Gasteiger partial charge in [0.1, 0.15) is 11.6 Å². The highest BCUT2D eigenvalue weighted by Gasteiger charge is 2.32. The summed E-state index contributed by atoms with van der Waals surface area (Å²) in [7, 11) is 0. The number of para-hydroxylation sites is 1. The van der Waals surface area contributed by atoms with Crippen molar-refractivity contribution in [2.45, 2.75) is 32.4 Å². The Labute approximate surface area is 167 Å². The maximum absolute atomic E-state index is 13.1. The molecule has 28 heavy (non-hydrogen) atoms. The van der Waals surface area contributed by atoms with E-state index in [1.54, 1.807) is 23.1 Å². The van der Waals surface area contributed by atoms with Crippen molar-refractivity contribution >= 4 is 28.4 Å². The minimum atomic E-state index is -0.550. The number of benzene rings is 2. The van der Waals surface area contributed by atoms with Crippen LogP contribution in [0.15, 0.2) is 47.3 Å². The molecule has 2 aromatic carbocycles. The van der Waals surface area contributed by atoms with Crippen LogP contribution in [0.4, 0.5) is 0 Å². The summed E-state index contributed by atoms with van der Waals surface area (Å²) < 4.78 is 5.84. The van der Waals surface area contributed by atoms with E-state index in [1.807, 2.05) is 31.2 Å². The highest BCUT2D eigenvalue weighted by molar-refractivity contribution is 6.31. The van der Waals surface area contributed by atoms with Gasteiger partial charge in [0.15, 0.2) is 6.10 Å². The van der Waals surface area contributed by atoms with E-state index >= 15 is 0 Å².